The maximum absolute atomic E-state index is 12.8. The van der Waals surface area contributed by atoms with Crippen LogP contribution in [0.1, 0.15) is 12.5 Å². The average Bonchev–Trinajstić information content (AvgIpc) is 2.68. The number of ether oxygens (including phenoxy) is 4. The quantitative estimate of drug-likeness (QED) is 0.223. The number of nitro benzene ring substituents is 1. The van der Waals surface area contributed by atoms with Crippen LogP contribution in [0.25, 0.3) is 0 Å². The second-order valence-corrected chi connectivity index (χ2v) is 6.46. The van der Waals surface area contributed by atoms with Crippen LogP contribution >= 0.6 is 11.6 Å². The third-order valence-electron chi connectivity index (χ3n) is 3.78. The Kier molecular flexibility index (Phi) is 8.06. The number of benzene rings is 2. The maximum atomic E-state index is 12.8. The van der Waals surface area contributed by atoms with Crippen LogP contribution in [0.15, 0.2) is 36.4 Å². The molecule has 2 rings (SSSR count). The van der Waals surface area contributed by atoms with E-state index >= 15 is 0 Å². The Labute approximate surface area is 179 Å². The lowest BCUT2D eigenvalue weighted by Gasteiger charge is -2.15. The first-order chi connectivity index (χ1) is 14.5. The Balaban J connectivity index is 2.23. The van der Waals surface area contributed by atoms with Gasteiger partial charge in [-0.25, -0.2) is 4.79 Å². The summed E-state index contributed by atoms with van der Waals surface area (Å²) in [6.45, 7) is 1.47. The highest BCUT2D eigenvalue weighted by molar-refractivity contribution is 6.32. The van der Waals surface area contributed by atoms with E-state index in [0.717, 1.165) is 24.3 Å². The van der Waals surface area contributed by atoms with Crippen molar-refractivity contribution in [3.63, 3.8) is 0 Å². The molecule has 2 aromatic carbocycles. The first kappa shape index (κ1) is 24.2. The third-order valence-corrected chi connectivity index (χ3v) is 4.08. The van der Waals surface area contributed by atoms with Crippen LogP contribution in [0.4, 0.5) is 18.9 Å². The fourth-order valence-corrected chi connectivity index (χ4v) is 2.49. The number of carbonyl (C=O) groups is 1. The lowest BCUT2D eigenvalue weighted by atomic mass is 10.2. The van der Waals surface area contributed by atoms with Gasteiger partial charge in [0, 0.05) is 19.2 Å². The number of nitrogens with zero attached hydrogens (tertiary/aromatic N) is 1. The molecular formula is C19H17ClF3NO7. The summed E-state index contributed by atoms with van der Waals surface area (Å²) in [4.78, 5) is 22.5. The molecule has 0 N–H and O–H groups in total. The van der Waals surface area contributed by atoms with Crippen molar-refractivity contribution in [3.05, 3.63) is 57.1 Å². The van der Waals surface area contributed by atoms with Crippen molar-refractivity contribution in [1.82, 2.24) is 0 Å². The Morgan fingerprint density at radius 2 is 1.87 bits per heavy atom. The number of rotatable bonds is 9. The lowest BCUT2D eigenvalue weighted by Crippen LogP contribution is -2.27. The van der Waals surface area contributed by atoms with Gasteiger partial charge in [-0.3, -0.25) is 10.1 Å². The van der Waals surface area contributed by atoms with E-state index in [1.807, 2.05) is 0 Å². The Bertz CT molecular complexity index is 953. The fraction of sp³-hybridized carbons (Fsp3) is 0.316. The van der Waals surface area contributed by atoms with Crippen LogP contribution in [-0.2, 0) is 20.4 Å². The molecule has 31 heavy (non-hydrogen) atoms. The number of methoxy groups -OCH3 is 1. The van der Waals surface area contributed by atoms with E-state index in [2.05, 4.69) is 0 Å². The molecule has 0 aliphatic rings. The number of alkyl halides is 3. The van der Waals surface area contributed by atoms with E-state index in [0.29, 0.717) is 6.07 Å². The van der Waals surface area contributed by atoms with Crippen LogP contribution in [0, 0.1) is 10.1 Å². The van der Waals surface area contributed by atoms with Crippen LogP contribution in [-0.4, -0.2) is 37.3 Å². The van der Waals surface area contributed by atoms with Gasteiger partial charge in [0.2, 0.25) is 5.75 Å². The van der Waals surface area contributed by atoms with Crippen molar-refractivity contribution >= 4 is 23.3 Å². The predicted molar refractivity (Wildman–Crippen MR) is 103 cm³/mol. The minimum absolute atomic E-state index is 0.0118. The molecule has 0 aromatic heterocycles. The monoisotopic (exact) mass is 463 g/mol. The maximum Gasteiger partial charge on any atom is 0.416 e. The topological polar surface area (TPSA) is 97.1 Å². The average molecular weight is 464 g/mol. The summed E-state index contributed by atoms with van der Waals surface area (Å²) in [6, 6.07) is 5.88. The van der Waals surface area contributed by atoms with Crippen LogP contribution in [0.5, 0.6) is 17.2 Å². The van der Waals surface area contributed by atoms with E-state index < -0.39 is 34.4 Å². The van der Waals surface area contributed by atoms with Gasteiger partial charge in [-0.05, 0) is 31.2 Å². The lowest BCUT2D eigenvalue weighted by molar-refractivity contribution is -0.386. The molecule has 8 nitrogen and oxygen atoms in total. The first-order valence-corrected chi connectivity index (χ1v) is 9.06. The number of carbonyl (C=O) groups excluding carboxylic acids is 1. The molecule has 0 unspecified atom stereocenters. The largest absolute Gasteiger partial charge is 0.472 e. The molecule has 0 bridgehead atoms. The minimum Gasteiger partial charge on any atom is -0.472 e. The molecule has 0 aliphatic heterocycles. The first-order valence-electron chi connectivity index (χ1n) is 8.68. The second-order valence-electron chi connectivity index (χ2n) is 6.05. The highest BCUT2D eigenvalue weighted by atomic mass is 35.5. The van der Waals surface area contributed by atoms with E-state index in [1.165, 1.54) is 20.1 Å². The summed E-state index contributed by atoms with van der Waals surface area (Å²) in [7, 11) is 1.42. The molecule has 0 spiro atoms. The molecule has 2 aromatic rings. The molecule has 12 heteroatoms. The third kappa shape index (κ3) is 6.72. The van der Waals surface area contributed by atoms with Gasteiger partial charge in [0.25, 0.3) is 0 Å². The van der Waals surface area contributed by atoms with E-state index in [-0.39, 0.29) is 35.5 Å². The molecule has 168 valence electrons. The van der Waals surface area contributed by atoms with E-state index in [1.54, 1.807) is 0 Å². The smallest absolute Gasteiger partial charge is 0.416 e. The van der Waals surface area contributed by atoms with Gasteiger partial charge in [0.1, 0.15) is 18.1 Å². The molecule has 0 saturated heterocycles. The molecule has 0 aliphatic carbocycles. The zero-order valence-electron chi connectivity index (χ0n) is 16.3. The summed E-state index contributed by atoms with van der Waals surface area (Å²) < 4.78 is 58.7. The molecule has 0 heterocycles. The Morgan fingerprint density at radius 3 is 2.45 bits per heavy atom. The summed E-state index contributed by atoms with van der Waals surface area (Å²) in [5.74, 6) is -1.20. The van der Waals surface area contributed by atoms with Crippen LogP contribution in [0.3, 0.4) is 0 Å². The second kappa shape index (κ2) is 10.3. The van der Waals surface area contributed by atoms with Crippen molar-refractivity contribution in [2.75, 3.05) is 20.3 Å². The van der Waals surface area contributed by atoms with Crippen molar-refractivity contribution in [2.45, 2.75) is 19.2 Å². The van der Waals surface area contributed by atoms with Gasteiger partial charge >= 0.3 is 17.8 Å². The summed E-state index contributed by atoms with van der Waals surface area (Å²) in [5, 5.41) is 10.9. The van der Waals surface area contributed by atoms with Crippen molar-refractivity contribution in [1.29, 1.82) is 0 Å². The highest BCUT2D eigenvalue weighted by Crippen LogP contribution is 2.38. The summed E-state index contributed by atoms with van der Waals surface area (Å²) in [5.41, 5.74) is -1.42. The zero-order chi connectivity index (χ0) is 23.2. The van der Waals surface area contributed by atoms with Crippen molar-refractivity contribution in [2.24, 2.45) is 0 Å². The predicted octanol–water partition coefficient (Wildman–Crippen LogP) is 5.02. The molecule has 0 amide bonds. The normalized spacial score (nSPS) is 12.2. The van der Waals surface area contributed by atoms with Crippen molar-refractivity contribution in [3.8, 4) is 17.2 Å². The molecule has 0 radical (unpaired) electrons. The fourth-order valence-electron chi connectivity index (χ4n) is 2.27. The number of hydrogen-bond acceptors (Lipinski definition) is 7. The summed E-state index contributed by atoms with van der Waals surface area (Å²) >= 11 is 5.86. The SMILES string of the molecule is COCCOC(=O)[C@H](C)Oc1cc(Oc2ccc(C(F)(F)F)cc2Cl)ccc1[N+](=O)[O-]. The number of halogens is 4. The summed E-state index contributed by atoms with van der Waals surface area (Å²) in [6.07, 6.45) is -5.77. The van der Waals surface area contributed by atoms with Gasteiger partial charge in [-0.1, -0.05) is 11.6 Å². The zero-order valence-corrected chi connectivity index (χ0v) is 17.0. The standard InChI is InChI=1S/C19H17ClF3NO7/c1-11(18(25)29-8-7-28-2)30-17-10-13(4-5-15(17)24(26)27)31-16-6-3-12(9-14(16)20)19(21,22)23/h3-6,9-11H,7-8H2,1-2H3/t11-/m0/s1. The van der Waals surface area contributed by atoms with Gasteiger partial charge < -0.3 is 18.9 Å². The van der Waals surface area contributed by atoms with E-state index in [9.17, 15) is 28.1 Å². The minimum atomic E-state index is -4.58. The molecule has 0 saturated carbocycles. The van der Waals surface area contributed by atoms with Gasteiger partial charge in [-0.2, -0.15) is 13.2 Å². The molecule has 0 fully saturated rings. The highest BCUT2D eigenvalue weighted by Gasteiger charge is 2.31. The van der Waals surface area contributed by atoms with E-state index in [4.69, 9.17) is 30.5 Å². The number of hydrogen-bond donors (Lipinski definition) is 0. The number of esters is 1. The molecular weight excluding hydrogens is 447 g/mol. The Hall–Kier alpha value is -3.05. The Morgan fingerprint density at radius 1 is 1.16 bits per heavy atom. The van der Waals surface area contributed by atoms with Gasteiger partial charge in [0.05, 0.1) is 22.1 Å². The van der Waals surface area contributed by atoms with Gasteiger partial charge in [0.15, 0.2) is 6.10 Å². The van der Waals surface area contributed by atoms with Crippen molar-refractivity contribution < 1.29 is 41.8 Å². The van der Waals surface area contributed by atoms with Crippen LogP contribution in [0.2, 0.25) is 5.02 Å². The van der Waals surface area contributed by atoms with Crippen LogP contribution < -0.4 is 9.47 Å². The number of nitro groups is 1. The molecule has 1 atom stereocenters. The van der Waals surface area contributed by atoms with Gasteiger partial charge in [-0.15, -0.1) is 0 Å².